The van der Waals surface area contributed by atoms with Gasteiger partial charge >= 0.3 is 0 Å². The molecule has 3 N–H and O–H groups in total. The molecule has 0 saturated carbocycles. The monoisotopic (exact) mass is 311 g/mol. The number of nitrogens with one attached hydrogen (secondary N) is 1. The lowest BCUT2D eigenvalue weighted by Crippen LogP contribution is -2.23. The first-order valence-electron chi connectivity index (χ1n) is 5.72. The molecule has 104 valence electrons. The number of benzene rings is 2. The molecule has 0 saturated heterocycles. The summed E-state index contributed by atoms with van der Waals surface area (Å²) < 4.78 is 0. The molecule has 0 aliphatic heterocycles. The number of amides is 1. The fourth-order valence-electron chi connectivity index (χ4n) is 1.64. The molecule has 1 amide bonds. The number of carbonyl (C=O) groups is 1. The Morgan fingerprint density at radius 1 is 1.10 bits per heavy atom. The summed E-state index contributed by atoms with van der Waals surface area (Å²) in [6.07, 6.45) is 0. The third kappa shape index (κ3) is 3.15. The van der Waals surface area contributed by atoms with Crippen LogP contribution >= 0.6 is 23.2 Å². The number of hydrogen-bond acceptors (Lipinski definition) is 3. The Balaban J connectivity index is 2.08. The van der Waals surface area contributed by atoms with E-state index < -0.39 is 0 Å². The summed E-state index contributed by atoms with van der Waals surface area (Å²) in [4.78, 5) is 12.0. The molecule has 0 spiro atoms. The summed E-state index contributed by atoms with van der Waals surface area (Å²) in [5.41, 5.74) is 0.925. The normalized spacial score (nSPS) is 10.3. The Kier molecular flexibility index (Phi) is 4.37. The van der Waals surface area contributed by atoms with Crippen molar-refractivity contribution in [3.8, 4) is 11.5 Å². The molecule has 0 aliphatic carbocycles. The second-order valence-electron chi connectivity index (χ2n) is 4.11. The van der Waals surface area contributed by atoms with Gasteiger partial charge in [-0.05, 0) is 29.8 Å². The van der Waals surface area contributed by atoms with Crippen LogP contribution < -0.4 is 5.32 Å². The highest BCUT2D eigenvalue weighted by molar-refractivity contribution is 6.43. The van der Waals surface area contributed by atoms with E-state index in [0.29, 0.717) is 10.6 Å². The Labute approximate surface area is 125 Å². The van der Waals surface area contributed by atoms with Gasteiger partial charge in [0.15, 0.2) is 11.5 Å². The molecule has 4 nitrogen and oxygen atoms in total. The van der Waals surface area contributed by atoms with Gasteiger partial charge in [0.1, 0.15) is 0 Å². The van der Waals surface area contributed by atoms with Crippen molar-refractivity contribution in [1.82, 2.24) is 5.32 Å². The van der Waals surface area contributed by atoms with Crippen LogP contribution in [0.5, 0.6) is 11.5 Å². The van der Waals surface area contributed by atoms with Crippen molar-refractivity contribution in [2.24, 2.45) is 0 Å². The lowest BCUT2D eigenvalue weighted by atomic mass is 10.1. The highest BCUT2D eigenvalue weighted by atomic mass is 35.5. The molecule has 0 fully saturated rings. The van der Waals surface area contributed by atoms with Gasteiger partial charge in [-0.1, -0.05) is 35.3 Å². The van der Waals surface area contributed by atoms with E-state index in [1.54, 1.807) is 24.3 Å². The molecule has 0 heterocycles. The van der Waals surface area contributed by atoms with Crippen LogP contribution in [0.25, 0.3) is 0 Å². The van der Waals surface area contributed by atoms with Gasteiger partial charge in [-0.3, -0.25) is 4.79 Å². The SMILES string of the molecule is O=C(NCc1ccc(O)c(O)c1)c1cccc(Cl)c1Cl. The highest BCUT2D eigenvalue weighted by Crippen LogP contribution is 2.26. The number of halogens is 2. The van der Waals surface area contributed by atoms with Gasteiger partial charge in [0.25, 0.3) is 5.91 Å². The number of phenols is 2. The fourth-order valence-corrected chi connectivity index (χ4v) is 2.02. The third-order valence-corrected chi connectivity index (χ3v) is 3.51. The van der Waals surface area contributed by atoms with Crippen LogP contribution in [0.2, 0.25) is 10.0 Å². The van der Waals surface area contributed by atoms with E-state index in [4.69, 9.17) is 23.2 Å². The fraction of sp³-hybridized carbons (Fsp3) is 0.0714. The van der Waals surface area contributed by atoms with Crippen LogP contribution in [-0.4, -0.2) is 16.1 Å². The minimum atomic E-state index is -0.370. The number of hydrogen-bond donors (Lipinski definition) is 3. The second kappa shape index (κ2) is 6.03. The van der Waals surface area contributed by atoms with Crippen molar-refractivity contribution >= 4 is 29.1 Å². The first-order chi connectivity index (χ1) is 9.49. The van der Waals surface area contributed by atoms with Crippen LogP contribution in [0.15, 0.2) is 36.4 Å². The quantitative estimate of drug-likeness (QED) is 0.761. The van der Waals surface area contributed by atoms with Crippen LogP contribution in [0.3, 0.4) is 0 Å². The van der Waals surface area contributed by atoms with Gasteiger partial charge in [0, 0.05) is 6.54 Å². The van der Waals surface area contributed by atoms with Gasteiger partial charge in [-0.2, -0.15) is 0 Å². The van der Waals surface area contributed by atoms with E-state index in [0.717, 1.165) is 0 Å². The van der Waals surface area contributed by atoms with Crippen LogP contribution in [-0.2, 0) is 6.54 Å². The standard InChI is InChI=1S/C14H11Cl2NO3/c15-10-3-1-2-9(13(10)16)14(20)17-7-8-4-5-11(18)12(19)6-8/h1-6,18-19H,7H2,(H,17,20). The molecule has 20 heavy (non-hydrogen) atoms. The van der Waals surface area contributed by atoms with Crippen LogP contribution in [0.4, 0.5) is 0 Å². The summed E-state index contributed by atoms with van der Waals surface area (Å²) in [6.45, 7) is 0.190. The predicted octanol–water partition coefficient (Wildman–Crippen LogP) is 3.33. The van der Waals surface area contributed by atoms with E-state index in [-0.39, 0.29) is 34.5 Å². The van der Waals surface area contributed by atoms with E-state index in [1.165, 1.54) is 12.1 Å². The van der Waals surface area contributed by atoms with Crippen molar-refractivity contribution in [3.05, 3.63) is 57.6 Å². The van der Waals surface area contributed by atoms with Gasteiger partial charge < -0.3 is 15.5 Å². The smallest absolute Gasteiger partial charge is 0.253 e. The first-order valence-corrected chi connectivity index (χ1v) is 6.47. The number of rotatable bonds is 3. The molecule has 0 unspecified atom stereocenters. The largest absolute Gasteiger partial charge is 0.504 e. The zero-order valence-corrected chi connectivity index (χ0v) is 11.7. The second-order valence-corrected chi connectivity index (χ2v) is 4.89. The molecule has 2 aromatic carbocycles. The molecular formula is C14H11Cl2NO3. The third-order valence-electron chi connectivity index (χ3n) is 2.69. The Morgan fingerprint density at radius 3 is 2.55 bits per heavy atom. The zero-order chi connectivity index (χ0) is 14.7. The number of carbonyl (C=O) groups excluding carboxylic acids is 1. The number of aromatic hydroxyl groups is 2. The topological polar surface area (TPSA) is 69.6 Å². The summed E-state index contributed by atoms with van der Waals surface area (Å²) in [5, 5.41) is 21.7. The molecule has 6 heteroatoms. The van der Waals surface area contributed by atoms with E-state index >= 15 is 0 Å². The average Bonchev–Trinajstić information content (AvgIpc) is 2.43. The molecular weight excluding hydrogens is 301 g/mol. The molecule has 0 bridgehead atoms. The summed E-state index contributed by atoms with van der Waals surface area (Å²) in [6, 6.07) is 9.11. The summed E-state index contributed by atoms with van der Waals surface area (Å²) >= 11 is 11.8. The zero-order valence-electron chi connectivity index (χ0n) is 10.2. The van der Waals surface area contributed by atoms with Gasteiger partial charge in [-0.25, -0.2) is 0 Å². The molecule has 2 rings (SSSR count). The molecule has 0 radical (unpaired) electrons. The van der Waals surface area contributed by atoms with Gasteiger partial charge in [0.05, 0.1) is 15.6 Å². The predicted molar refractivity (Wildman–Crippen MR) is 77.4 cm³/mol. The lowest BCUT2D eigenvalue weighted by molar-refractivity contribution is 0.0951. The maximum Gasteiger partial charge on any atom is 0.253 e. The summed E-state index contributed by atoms with van der Waals surface area (Å²) in [7, 11) is 0. The van der Waals surface area contributed by atoms with Gasteiger partial charge in [-0.15, -0.1) is 0 Å². The van der Waals surface area contributed by atoms with E-state index in [9.17, 15) is 15.0 Å². The van der Waals surface area contributed by atoms with Crippen LogP contribution in [0.1, 0.15) is 15.9 Å². The van der Waals surface area contributed by atoms with Gasteiger partial charge in [0.2, 0.25) is 0 Å². The van der Waals surface area contributed by atoms with Crippen molar-refractivity contribution in [2.45, 2.75) is 6.54 Å². The minimum Gasteiger partial charge on any atom is -0.504 e. The highest BCUT2D eigenvalue weighted by Gasteiger charge is 2.12. The molecule has 2 aromatic rings. The Bertz CT molecular complexity index is 659. The first kappa shape index (κ1) is 14.5. The lowest BCUT2D eigenvalue weighted by Gasteiger charge is -2.08. The maximum absolute atomic E-state index is 12.0. The minimum absolute atomic E-state index is 0.190. The van der Waals surface area contributed by atoms with Crippen LogP contribution in [0, 0.1) is 0 Å². The van der Waals surface area contributed by atoms with Crippen molar-refractivity contribution < 1.29 is 15.0 Å². The van der Waals surface area contributed by atoms with Crippen molar-refractivity contribution in [1.29, 1.82) is 0 Å². The molecule has 0 atom stereocenters. The summed E-state index contributed by atoms with van der Waals surface area (Å²) in [5.74, 6) is -0.819. The average molecular weight is 312 g/mol. The number of phenolic OH excluding ortho intramolecular Hbond substituents is 2. The van der Waals surface area contributed by atoms with E-state index in [2.05, 4.69) is 5.32 Å². The molecule has 0 aliphatic rings. The molecule has 0 aromatic heterocycles. The van der Waals surface area contributed by atoms with Crippen molar-refractivity contribution in [3.63, 3.8) is 0 Å². The Hall–Kier alpha value is -1.91. The van der Waals surface area contributed by atoms with Crippen molar-refractivity contribution in [2.75, 3.05) is 0 Å². The maximum atomic E-state index is 12.0. The Morgan fingerprint density at radius 2 is 1.85 bits per heavy atom. The van der Waals surface area contributed by atoms with E-state index in [1.807, 2.05) is 0 Å².